The summed E-state index contributed by atoms with van der Waals surface area (Å²) in [5.74, 6) is -0.246. The average molecular weight is 273 g/mol. The molecule has 2 fully saturated rings. The number of nitrogens with zero attached hydrogens (tertiary/aromatic N) is 1. The minimum absolute atomic E-state index is 0.0145. The Balaban J connectivity index is 1.75. The zero-order valence-corrected chi connectivity index (χ0v) is 12.1. The standard InChI is InChI=1S/C17H23NO2/c1-13-10-18(11-14-6-3-2-4-7-14)12-17(13)9-5-8-15(17)16(19)20/h2-4,6-7,13,15H,5,8-12H2,1H3,(H,19,20). The SMILES string of the molecule is CC1CN(Cc2ccccc2)CC12CCCC2C(=O)O. The fourth-order valence-electron chi connectivity index (χ4n) is 4.41. The Labute approximate surface area is 120 Å². The van der Waals surface area contributed by atoms with E-state index in [1.54, 1.807) is 0 Å². The number of hydrogen-bond donors (Lipinski definition) is 1. The van der Waals surface area contributed by atoms with Crippen LogP contribution in [0, 0.1) is 17.3 Å². The maximum atomic E-state index is 11.6. The molecule has 1 N–H and O–H groups in total. The van der Waals surface area contributed by atoms with E-state index in [-0.39, 0.29) is 11.3 Å². The van der Waals surface area contributed by atoms with Gasteiger partial charge in [0.2, 0.25) is 0 Å². The van der Waals surface area contributed by atoms with Gasteiger partial charge in [-0.25, -0.2) is 0 Å². The molecule has 1 aliphatic carbocycles. The molecule has 108 valence electrons. The number of carboxylic acids is 1. The number of carbonyl (C=O) groups is 1. The molecule has 2 aliphatic rings. The van der Waals surface area contributed by atoms with Crippen LogP contribution in [-0.4, -0.2) is 29.1 Å². The van der Waals surface area contributed by atoms with Gasteiger partial charge in [0.05, 0.1) is 5.92 Å². The topological polar surface area (TPSA) is 40.5 Å². The molecule has 3 heteroatoms. The molecule has 1 aromatic rings. The predicted octanol–water partition coefficient (Wildman–Crippen LogP) is 3.01. The van der Waals surface area contributed by atoms with Crippen LogP contribution in [0.5, 0.6) is 0 Å². The van der Waals surface area contributed by atoms with Crippen molar-refractivity contribution in [1.82, 2.24) is 4.90 Å². The monoisotopic (exact) mass is 273 g/mol. The number of likely N-dealkylation sites (tertiary alicyclic amines) is 1. The molecular formula is C17H23NO2. The summed E-state index contributed by atoms with van der Waals surface area (Å²) in [6, 6.07) is 10.5. The van der Waals surface area contributed by atoms with Crippen molar-refractivity contribution in [1.29, 1.82) is 0 Å². The van der Waals surface area contributed by atoms with Gasteiger partial charge in [-0.2, -0.15) is 0 Å². The van der Waals surface area contributed by atoms with Gasteiger partial charge in [0.1, 0.15) is 0 Å². The lowest BCUT2D eigenvalue weighted by atomic mass is 9.71. The second-order valence-electron chi connectivity index (χ2n) is 6.57. The third-order valence-corrected chi connectivity index (χ3v) is 5.41. The molecule has 0 radical (unpaired) electrons. The molecule has 1 saturated heterocycles. The van der Waals surface area contributed by atoms with Crippen molar-refractivity contribution in [3.8, 4) is 0 Å². The number of hydrogen-bond acceptors (Lipinski definition) is 2. The summed E-state index contributed by atoms with van der Waals surface area (Å²) in [5.41, 5.74) is 1.34. The van der Waals surface area contributed by atoms with E-state index >= 15 is 0 Å². The lowest BCUT2D eigenvalue weighted by molar-refractivity contribution is -0.146. The molecule has 0 aromatic heterocycles. The van der Waals surface area contributed by atoms with Crippen LogP contribution in [0.2, 0.25) is 0 Å². The highest BCUT2D eigenvalue weighted by molar-refractivity contribution is 5.71. The number of benzene rings is 1. The molecule has 3 atom stereocenters. The molecule has 0 bridgehead atoms. The van der Waals surface area contributed by atoms with Crippen LogP contribution in [0.15, 0.2) is 30.3 Å². The Hall–Kier alpha value is -1.35. The van der Waals surface area contributed by atoms with Gasteiger partial charge in [-0.1, -0.05) is 43.7 Å². The Bertz CT molecular complexity index is 487. The molecule has 3 rings (SSSR count). The second-order valence-corrected chi connectivity index (χ2v) is 6.57. The number of carboxylic acid groups (broad SMARTS) is 1. The minimum Gasteiger partial charge on any atom is -0.481 e. The second kappa shape index (κ2) is 5.21. The highest BCUT2D eigenvalue weighted by atomic mass is 16.4. The lowest BCUT2D eigenvalue weighted by Crippen LogP contribution is -2.37. The number of rotatable bonds is 3. The van der Waals surface area contributed by atoms with Crippen molar-refractivity contribution >= 4 is 5.97 Å². The molecule has 1 saturated carbocycles. The summed E-state index contributed by atoms with van der Waals surface area (Å²) < 4.78 is 0. The van der Waals surface area contributed by atoms with Gasteiger partial charge < -0.3 is 5.11 Å². The molecule has 20 heavy (non-hydrogen) atoms. The van der Waals surface area contributed by atoms with Crippen LogP contribution in [0.1, 0.15) is 31.7 Å². The molecule has 3 unspecified atom stereocenters. The van der Waals surface area contributed by atoms with Crippen molar-refractivity contribution < 1.29 is 9.90 Å². The first-order valence-electron chi connectivity index (χ1n) is 7.61. The highest BCUT2D eigenvalue weighted by Crippen LogP contribution is 2.53. The van der Waals surface area contributed by atoms with E-state index < -0.39 is 5.97 Å². The molecule has 1 spiro atoms. The molecule has 1 aliphatic heterocycles. The molecule has 3 nitrogen and oxygen atoms in total. The van der Waals surface area contributed by atoms with Gasteiger partial charge in [0.15, 0.2) is 0 Å². The van der Waals surface area contributed by atoms with Crippen LogP contribution in [-0.2, 0) is 11.3 Å². The first-order chi connectivity index (χ1) is 9.62. The maximum Gasteiger partial charge on any atom is 0.307 e. The van der Waals surface area contributed by atoms with Crippen LogP contribution >= 0.6 is 0 Å². The third-order valence-electron chi connectivity index (χ3n) is 5.41. The zero-order valence-electron chi connectivity index (χ0n) is 12.1. The Kier molecular flexibility index (Phi) is 3.55. The van der Waals surface area contributed by atoms with E-state index in [1.165, 1.54) is 5.56 Å². The first-order valence-corrected chi connectivity index (χ1v) is 7.61. The summed E-state index contributed by atoms with van der Waals surface area (Å²) in [6.45, 7) is 5.16. The van der Waals surface area contributed by atoms with E-state index in [0.717, 1.165) is 38.9 Å². The van der Waals surface area contributed by atoms with Crippen LogP contribution in [0.3, 0.4) is 0 Å². The normalized spacial score (nSPS) is 33.9. The fraction of sp³-hybridized carbons (Fsp3) is 0.588. The van der Waals surface area contributed by atoms with Gasteiger partial charge in [-0.15, -0.1) is 0 Å². The minimum atomic E-state index is -0.587. The van der Waals surface area contributed by atoms with Gasteiger partial charge in [0, 0.05) is 25.0 Å². The van der Waals surface area contributed by atoms with Crippen molar-refractivity contribution in [3.05, 3.63) is 35.9 Å². The summed E-state index contributed by atoms with van der Waals surface area (Å²) in [5, 5.41) is 9.51. The van der Waals surface area contributed by atoms with Crippen molar-refractivity contribution in [2.24, 2.45) is 17.3 Å². The van der Waals surface area contributed by atoms with Crippen molar-refractivity contribution in [2.45, 2.75) is 32.7 Å². The van der Waals surface area contributed by atoms with E-state index in [4.69, 9.17) is 0 Å². The number of aliphatic carboxylic acids is 1. The predicted molar refractivity (Wildman–Crippen MR) is 78.3 cm³/mol. The van der Waals surface area contributed by atoms with E-state index in [0.29, 0.717) is 5.92 Å². The van der Waals surface area contributed by atoms with Crippen LogP contribution < -0.4 is 0 Å². The molecule has 0 amide bonds. The van der Waals surface area contributed by atoms with Gasteiger partial charge in [0.25, 0.3) is 0 Å². The molecular weight excluding hydrogens is 250 g/mol. The van der Waals surface area contributed by atoms with Crippen LogP contribution in [0.25, 0.3) is 0 Å². The summed E-state index contributed by atoms with van der Waals surface area (Å²) >= 11 is 0. The molecule has 1 aromatic carbocycles. The highest BCUT2D eigenvalue weighted by Gasteiger charge is 2.54. The van der Waals surface area contributed by atoms with Crippen molar-refractivity contribution in [2.75, 3.05) is 13.1 Å². The maximum absolute atomic E-state index is 11.6. The van der Waals surface area contributed by atoms with Gasteiger partial charge >= 0.3 is 5.97 Å². The van der Waals surface area contributed by atoms with E-state index in [2.05, 4.69) is 36.1 Å². The Morgan fingerprint density at radius 1 is 1.40 bits per heavy atom. The van der Waals surface area contributed by atoms with Gasteiger partial charge in [-0.3, -0.25) is 9.69 Å². The summed E-state index contributed by atoms with van der Waals surface area (Å²) in [4.78, 5) is 14.0. The first kappa shape index (κ1) is 13.6. The summed E-state index contributed by atoms with van der Waals surface area (Å²) in [6.07, 6.45) is 3.01. The zero-order chi connectivity index (χ0) is 14.2. The Morgan fingerprint density at radius 3 is 2.85 bits per heavy atom. The third kappa shape index (κ3) is 2.24. The quantitative estimate of drug-likeness (QED) is 0.920. The molecule has 1 heterocycles. The van der Waals surface area contributed by atoms with Gasteiger partial charge in [-0.05, 0) is 24.3 Å². The fourth-order valence-corrected chi connectivity index (χ4v) is 4.41. The van der Waals surface area contributed by atoms with E-state index in [9.17, 15) is 9.90 Å². The van der Waals surface area contributed by atoms with Crippen LogP contribution in [0.4, 0.5) is 0 Å². The Morgan fingerprint density at radius 2 is 2.15 bits per heavy atom. The summed E-state index contributed by atoms with van der Waals surface area (Å²) in [7, 11) is 0. The largest absolute Gasteiger partial charge is 0.481 e. The smallest absolute Gasteiger partial charge is 0.307 e. The van der Waals surface area contributed by atoms with E-state index in [1.807, 2.05) is 6.07 Å². The average Bonchev–Trinajstić information content (AvgIpc) is 2.97. The van der Waals surface area contributed by atoms with Crippen molar-refractivity contribution in [3.63, 3.8) is 0 Å². The lowest BCUT2D eigenvalue weighted by Gasteiger charge is -2.32.